The molecule has 0 spiro atoms. The topological polar surface area (TPSA) is 36.4 Å². The number of pyridine rings is 1. The lowest BCUT2D eigenvalue weighted by Crippen LogP contribution is -2.51. The summed E-state index contributed by atoms with van der Waals surface area (Å²) < 4.78 is 0. The molecule has 0 fully saturated rings. The minimum Gasteiger partial charge on any atom is -0.326 e. The van der Waals surface area contributed by atoms with Gasteiger partial charge in [-0.1, -0.05) is 5.92 Å². The van der Waals surface area contributed by atoms with Gasteiger partial charge in [-0.3, -0.25) is 14.7 Å². The Hall–Kier alpha value is -1.86. The summed E-state index contributed by atoms with van der Waals surface area (Å²) in [6.45, 7) is 0.530. The fourth-order valence-electron chi connectivity index (χ4n) is 2.15. The van der Waals surface area contributed by atoms with Gasteiger partial charge in [0.15, 0.2) is 0 Å². The van der Waals surface area contributed by atoms with Crippen LogP contribution in [-0.2, 0) is 6.42 Å². The summed E-state index contributed by atoms with van der Waals surface area (Å²) in [6, 6.07) is 1.90. The van der Waals surface area contributed by atoms with Gasteiger partial charge in [-0.2, -0.15) is 0 Å². The van der Waals surface area contributed by atoms with Crippen molar-refractivity contribution < 1.29 is 4.79 Å². The molecule has 0 saturated heterocycles. The normalized spacial score (nSPS) is 19.1. The first kappa shape index (κ1) is 11.6. The average molecular weight is 229 g/mol. The molecule has 0 N–H and O–H groups in total. The number of aromatic nitrogens is 1. The second-order valence-corrected chi connectivity index (χ2v) is 4.25. The smallest absolute Gasteiger partial charge is 0.256 e. The SMILES string of the molecule is C#CCN(C)C1Cc2ccncc2C(=O)N1C. The highest BCUT2D eigenvalue weighted by Gasteiger charge is 2.31. The highest BCUT2D eigenvalue weighted by Crippen LogP contribution is 2.22. The standard InChI is InChI=1S/C13H15N3O/c1-4-7-15(2)12-8-10-5-6-14-9-11(10)13(17)16(12)3/h1,5-6,9,12H,7-8H2,2-3H3. The first-order chi connectivity index (χ1) is 8.15. The maximum absolute atomic E-state index is 12.1. The molecule has 1 amide bonds. The van der Waals surface area contributed by atoms with E-state index in [0.29, 0.717) is 12.1 Å². The fraction of sp³-hybridized carbons (Fsp3) is 0.385. The molecule has 1 aliphatic rings. The number of carbonyl (C=O) groups is 1. The molecular formula is C13H15N3O. The Morgan fingerprint density at radius 2 is 2.47 bits per heavy atom. The Kier molecular flexibility index (Phi) is 3.12. The van der Waals surface area contributed by atoms with E-state index >= 15 is 0 Å². The number of hydrogen-bond acceptors (Lipinski definition) is 3. The maximum Gasteiger partial charge on any atom is 0.256 e. The highest BCUT2D eigenvalue weighted by atomic mass is 16.2. The van der Waals surface area contributed by atoms with Crippen LogP contribution in [0.1, 0.15) is 15.9 Å². The van der Waals surface area contributed by atoms with Crippen molar-refractivity contribution in [2.24, 2.45) is 0 Å². The van der Waals surface area contributed by atoms with Crippen molar-refractivity contribution in [1.29, 1.82) is 0 Å². The van der Waals surface area contributed by atoms with Crippen LogP contribution in [0.15, 0.2) is 18.5 Å². The van der Waals surface area contributed by atoms with E-state index in [2.05, 4.69) is 10.9 Å². The minimum absolute atomic E-state index is 0.00761. The summed E-state index contributed by atoms with van der Waals surface area (Å²) in [5.41, 5.74) is 1.73. The first-order valence-electron chi connectivity index (χ1n) is 5.49. The van der Waals surface area contributed by atoms with Gasteiger partial charge in [-0.15, -0.1) is 6.42 Å². The molecule has 4 heteroatoms. The molecule has 0 bridgehead atoms. The molecule has 1 unspecified atom stereocenters. The molecule has 2 rings (SSSR count). The van der Waals surface area contributed by atoms with Gasteiger partial charge in [-0.05, 0) is 18.7 Å². The van der Waals surface area contributed by atoms with Crippen LogP contribution in [-0.4, -0.2) is 47.5 Å². The van der Waals surface area contributed by atoms with Crippen molar-refractivity contribution in [1.82, 2.24) is 14.8 Å². The van der Waals surface area contributed by atoms with Crippen LogP contribution in [0.5, 0.6) is 0 Å². The third-order valence-corrected chi connectivity index (χ3v) is 3.16. The molecule has 2 heterocycles. The van der Waals surface area contributed by atoms with Crippen LogP contribution in [0.2, 0.25) is 0 Å². The summed E-state index contributed by atoms with van der Waals surface area (Å²) in [5, 5.41) is 0. The number of hydrogen-bond donors (Lipinski definition) is 0. The predicted molar refractivity (Wildman–Crippen MR) is 65.3 cm³/mol. The Balaban J connectivity index is 2.31. The van der Waals surface area contributed by atoms with Gasteiger partial charge in [0, 0.05) is 25.9 Å². The van der Waals surface area contributed by atoms with Gasteiger partial charge in [0.05, 0.1) is 18.3 Å². The highest BCUT2D eigenvalue weighted by molar-refractivity contribution is 5.96. The van der Waals surface area contributed by atoms with Crippen molar-refractivity contribution in [2.75, 3.05) is 20.6 Å². The van der Waals surface area contributed by atoms with E-state index in [-0.39, 0.29) is 12.1 Å². The summed E-state index contributed by atoms with van der Waals surface area (Å²) in [4.78, 5) is 19.9. The lowest BCUT2D eigenvalue weighted by atomic mass is 9.99. The number of fused-ring (bicyclic) bond motifs is 1. The van der Waals surface area contributed by atoms with Gasteiger partial charge in [0.2, 0.25) is 0 Å². The number of likely N-dealkylation sites (N-methyl/N-ethyl adjacent to an activating group) is 2. The van der Waals surface area contributed by atoms with Crippen LogP contribution in [0.3, 0.4) is 0 Å². The van der Waals surface area contributed by atoms with E-state index in [0.717, 1.165) is 12.0 Å². The Labute approximate surface area is 101 Å². The van der Waals surface area contributed by atoms with Crippen molar-refractivity contribution >= 4 is 5.91 Å². The van der Waals surface area contributed by atoms with Gasteiger partial charge in [0.1, 0.15) is 0 Å². The van der Waals surface area contributed by atoms with Crippen molar-refractivity contribution in [3.63, 3.8) is 0 Å². The quantitative estimate of drug-likeness (QED) is 0.697. The largest absolute Gasteiger partial charge is 0.326 e. The molecular weight excluding hydrogens is 214 g/mol. The zero-order valence-corrected chi connectivity index (χ0v) is 10.1. The van der Waals surface area contributed by atoms with E-state index in [4.69, 9.17) is 6.42 Å². The van der Waals surface area contributed by atoms with Crippen LogP contribution in [0, 0.1) is 12.3 Å². The van der Waals surface area contributed by atoms with E-state index in [1.54, 1.807) is 24.3 Å². The Morgan fingerprint density at radius 3 is 3.18 bits per heavy atom. The third-order valence-electron chi connectivity index (χ3n) is 3.16. The van der Waals surface area contributed by atoms with E-state index in [1.165, 1.54) is 0 Å². The van der Waals surface area contributed by atoms with E-state index in [1.807, 2.05) is 18.0 Å². The predicted octanol–water partition coefficient (Wildman–Crippen LogP) is 0.601. The number of rotatable bonds is 2. The third kappa shape index (κ3) is 2.02. The molecule has 1 aliphatic heterocycles. The molecule has 4 nitrogen and oxygen atoms in total. The number of amides is 1. The average Bonchev–Trinajstić information content (AvgIpc) is 2.34. The lowest BCUT2D eigenvalue weighted by molar-refractivity contribution is 0.0476. The van der Waals surface area contributed by atoms with Crippen LogP contribution in [0.25, 0.3) is 0 Å². The summed E-state index contributed by atoms with van der Waals surface area (Å²) in [6.07, 6.45) is 9.47. The van der Waals surface area contributed by atoms with Gasteiger partial charge < -0.3 is 4.90 Å². The maximum atomic E-state index is 12.1. The van der Waals surface area contributed by atoms with Crippen LogP contribution >= 0.6 is 0 Å². The second kappa shape index (κ2) is 4.56. The van der Waals surface area contributed by atoms with Gasteiger partial charge in [0.25, 0.3) is 5.91 Å². The number of terminal acetylenes is 1. The lowest BCUT2D eigenvalue weighted by Gasteiger charge is -2.38. The van der Waals surface area contributed by atoms with Crippen LogP contribution < -0.4 is 0 Å². The summed E-state index contributed by atoms with van der Waals surface area (Å²) >= 11 is 0. The monoisotopic (exact) mass is 229 g/mol. The van der Waals surface area contributed by atoms with E-state index in [9.17, 15) is 4.79 Å². The Bertz CT molecular complexity index is 478. The Morgan fingerprint density at radius 1 is 1.71 bits per heavy atom. The first-order valence-corrected chi connectivity index (χ1v) is 5.49. The van der Waals surface area contributed by atoms with Crippen molar-refractivity contribution in [3.05, 3.63) is 29.6 Å². The molecule has 0 saturated carbocycles. The fourth-order valence-corrected chi connectivity index (χ4v) is 2.15. The molecule has 1 atom stereocenters. The minimum atomic E-state index is 0.00761. The molecule has 1 aromatic heterocycles. The van der Waals surface area contributed by atoms with Crippen molar-refractivity contribution in [3.8, 4) is 12.3 Å². The van der Waals surface area contributed by atoms with E-state index < -0.39 is 0 Å². The van der Waals surface area contributed by atoms with Gasteiger partial charge in [-0.25, -0.2) is 0 Å². The number of carbonyl (C=O) groups excluding carboxylic acids is 1. The number of nitrogens with zero attached hydrogens (tertiary/aromatic N) is 3. The van der Waals surface area contributed by atoms with Crippen LogP contribution in [0.4, 0.5) is 0 Å². The van der Waals surface area contributed by atoms with Gasteiger partial charge >= 0.3 is 0 Å². The summed E-state index contributed by atoms with van der Waals surface area (Å²) in [5.74, 6) is 2.61. The summed E-state index contributed by atoms with van der Waals surface area (Å²) in [7, 11) is 3.73. The van der Waals surface area contributed by atoms with Crippen molar-refractivity contribution in [2.45, 2.75) is 12.6 Å². The molecule has 0 aromatic carbocycles. The molecule has 0 aliphatic carbocycles. The molecule has 1 aromatic rings. The second-order valence-electron chi connectivity index (χ2n) is 4.25. The molecule has 0 radical (unpaired) electrons. The molecule has 17 heavy (non-hydrogen) atoms. The molecule has 88 valence electrons. The zero-order valence-electron chi connectivity index (χ0n) is 10.1. The zero-order chi connectivity index (χ0) is 12.4.